The highest BCUT2D eigenvalue weighted by Crippen LogP contribution is 2.27. The highest BCUT2D eigenvalue weighted by atomic mass is 79.9. The van der Waals surface area contributed by atoms with Crippen LogP contribution >= 0.6 is 15.9 Å². The molecule has 0 saturated carbocycles. The van der Waals surface area contributed by atoms with E-state index in [1.807, 2.05) is 6.07 Å². The smallest absolute Gasteiger partial charge is 0.255 e. The minimum atomic E-state index is -0.271. The largest absolute Gasteiger partial charge is 0.507 e. The molecule has 1 aromatic carbocycles. The van der Waals surface area contributed by atoms with Crippen LogP contribution in [0.15, 0.2) is 40.1 Å². The Morgan fingerprint density at radius 2 is 2.25 bits per heavy atom. The molecule has 2 aromatic rings. The van der Waals surface area contributed by atoms with Gasteiger partial charge in [0.2, 0.25) is 0 Å². The van der Waals surface area contributed by atoms with Gasteiger partial charge in [-0.1, -0.05) is 22.0 Å². The summed E-state index contributed by atoms with van der Waals surface area (Å²) < 4.78 is 0.854. The summed E-state index contributed by atoms with van der Waals surface area (Å²) in [7, 11) is 0. The molecule has 0 unspecified atom stereocenters. The van der Waals surface area contributed by atoms with Crippen LogP contribution in [0.5, 0.6) is 5.75 Å². The van der Waals surface area contributed by atoms with Crippen molar-refractivity contribution in [1.29, 1.82) is 0 Å². The number of halogens is 1. The predicted octanol–water partition coefficient (Wildman–Crippen LogP) is 2.72. The highest BCUT2D eigenvalue weighted by Gasteiger charge is 2.10. The molecule has 1 heterocycles. The van der Waals surface area contributed by atoms with Gasteiger partial charge in [0, 0.05) is 9.86 Å². The number of rotatable bonds is 2. The van der Waals surface area contributed by atoms with Crippen molar-refractivity contribution >= 4 is 26.8 Å². The molecule has 4 heteroatoms. The Labute approximate surface area is 101 Å². The van der Waals surface area contributed by atoms with E-state index < -0.39 is 0 Å². The SMILES string of the molecule is C=CCc1c(O)c2cc(Br)ccc2[nH]c1=O. The van der Waals surface area contributed by atoms with E-state index in [-0.39, 0.29) is 11.3 Å². The third-order valence-electron chi connectivity index (χ3n) is 2.39. The van der Waals surface area contributed by atoms with Gasteiger partial charge in [0.1, 0.15) is 5.75 Å². The van der Waals surface area contributed by atoms with Crippen LogP contribution in [0.4, 0.5) is 0 Å². The molecule has 3 nitrogen and oxygen atoms in total. The van der Waals surface area contributed by atoms with Gasteiger partial charge in [-0.25, -0.2) is 0 Å². The average molecular weight is 280 g/mol. The summed E-state index contributed by atoms with van der Waals surface area (Å²) in [5.74, 6) is 0.0277. The number of allylic oxidation sites excluding steroid dienone is 1. The van der Waals surface area contributed by atoms with Crippen LogP contribution < -0.4 is 5.56 Å². The fraction of sp³-hybridized carbons (Fsp3) is 0.0833. The van der Waals surface area contributed by atoms with Gasteiger partial charge in [-0.05, 0) is 24.6 Å². The topological polar surface area (TPSA) is 53.1 Å². The monoisotopic (exact) mass is 279 g/mol. The molecule has 16 heavy (non-hydrogen) atoms. The van der Waals surface area contributed by atoms with E-state index in [1.165, 1.54) is 0 Å². The van der Waals surface area contributed by atoms with Crippen molar-refractivity contribution in [2.75, 3.05) is 0 Å². The summed E-state index contributed by atoms with van der Waals surface area (Å²) in [6.07, 6.45) is 1.94. The molecule has 0 saturated heterocycles. The number of benzene rings is 1. The number of hydrogen-bond acceptors (Lipinski definition) is 2. The van der Waals surface area contributed by atoms with E-state index in [4.69, 9.17) is 0 Å². The molecular formula is C12H10BrNO2. The van der Waals surface area contributed by atoms with Crippen molar-refractivity contribution in [2.24, 2.45) is 0 Å². The Balaban J connectivity index is 2.84. The first-order chi connectivity index (χ1) is 7.63. The summed E-state index contributed by atoms with van der Waals surface area (Å²) in [6.45, 7) is 3.56. The maximum absolute atomic E-state index is 11.7. The van der Waals surface area contributed by atoms with Gasteiger partial charge in [-0.3, -0.25) is 4.79 Å². The van der Waals surface area contributed by atoms with E-state index in [1.54, 1.807) is 18.2 Å². The summed E-state index contributed by atoms with van der Waals surface area (Å²) in [6, 6.07) is 5.33. The third-order valence-corrected chi connectivity index (χ3v) is 2.89. The number of hydrogen-bond donors (Lipinski definition) is 2. The minimum absolute atomic E-state index is 0.0277. The normalized spacial score (nSPS) is 10.6. The van der Waals surface area contributed by atoms with Gasteiger partial charge in [0.25, 0.3) is 5.56 Å². The average Bonchev–Trinajstić information content (AvgIpc) is 2.26. The zero-order valence-electron chi connectivity index (χ0n) is 8.46. The number of H-pyrrole nitrogens is 1. The molecule has 0 amide bonds. The van der Waals surface area contributed by atoms with E-state index in [2.05, 4.69) is 27.5 Å². The molecule has 0 radical (unpaired) electrons. The number of aromatic hydroxyl groups is 1. The lowest BCUT2D eigenvalue weighted by molar-refractivity contribution is 0.474. The second kappa shape index (κ2) is 4.14. The van der Waals surface area contributed by atoms with Gasteiger partial charge in [0.05, 0.1) is 11.1 Å². The van der Waals surface area contributed by atoms with Gasteiger partial charge in [-0.15, -0.1) is 6.58 Å². The van der Waals surface area contributed by atoms with Crippen LogP contribution in [0.25, 0.3) is 10.9 Å². The van der Waals surface area contributed by atoms with E-state index in [0.717, 1.165) is 4.47 Å². The summed E-state index contributed by atoms with van der Waals surface area (Å²) in [5, 5.41) is 10.6. The second-order valence-corrected chi connectivity index (χ2v) is 4.38. The lowest BCUT2D eigenvalue weighted by atomic mass is 10.1. The zero-order chi connectivity index (χ0) is 11.7. The predicted molar refractivity (Wildman–Crippen MR) is 67.8 cm³/mol. The third kappa shape index (κ3) is 1.76. The summed E-state index contributed by atoms with van der Waals surface area (Å²) in [4.78, 5) is 14.4. The minimum Gasteiger partial charge on any atom is -0.507 e. The number of aromatic amines is 1. The van der Waals surface area contributed by atoms with Crippen LogP contribution in [0, 0.1) is 0 Å². The summed E-state index contributed by atoms with van der Waals surface area (Å²) >= 11 is 3.33. The molecule has 0 fully saturated rings. The number of fused-ring (bicyclic) bond motifs is 1. The molecule has 82 valence electrons. The van der Waals surface area contributed by atoms with Crippen LogP contribution in [0.1, 0.15) is 5.56 Å². The Morgan fingerprint density at radius 1 is 1.50 bits per heavy atom. The first kappa shape index (κ1) is 11.0. The van der Waals surface area contributed by atoms with Crippen LogP contribution in [0.2, 0.25) is 0 Å². The van der Waals surface area contributed by atoms with Gasteiger partial charge < -0.3 is 10.1 Å². The van der Waals surface area contributed by atoms with E-state index in [0.29, 0.717) is 22.9 Å². The number of nitrogens with one attached hydrogen (secondary N) is 1. The van der Waals surface area contributed by atoms with Crippen LogP contribution in [0.3, 0.4) is 0 Å². The Hall–Kier alpha value is -1.55. The summed E-state index contributed by atoms with van der Waals surface area (Å²) in [5.41, 5.74) is 0.700. The molecule has 0 aliphatic heterocycles. The molecule has 0 aliphatic rings. The molecule has 0 aliphatic carbocycles. The quantitative estimate of drug-likeness (QED) is 0.831. The molecule has 0 spiro atoms. The van der Waals surface area contributed by atoms with E-state index in [9.17, 15) is 9.90 Å². The van der Waals surface area contributed by atoms with Crippen LogP contribution in [-0.2, 0) is 6.42 Å². The molecule has 2 N–H and O–H groups in total. The molecule has 2 rings (SSSR count). The molecular weight excluding hydrogens is 270 g/mol. The van der Waals surface area contributed by atoms with Gasteiger partial charge in [-0.2, -0.15) is 0 Å². The first-order valence-corrected chi connectivity index (χ1v) is 5.57. The second-order valence-electron chi connectivity index (χ2n) is 3.46. The van der Waals surface area contributed by atoms with Crippen molar-refractivity contribution < 1.29 is 5.11 Å². The lowest BCUT2D eigenvalue weighted by Crippen LogP contribution is -2.12. The number of pyridine rings is 1. The zero-order valence-corrected chi connectivity index (χ0v) is 10.0. The Morgan fingerprint density at radius 3 is 2.94 bits per heavy atom. The standard InChI is InChI=1S/C12H10BrNO2/c1-2-3-8-11(15)9-6-7(13)4-5-10(9)14-12(8)16/h2,4-6H,1,3H2,(H2,14,15,16). The van der Waals surface area contributed by atoms with Crippen molar-refractivity contribution in [2.45, 2.75) is 6.42 Å². The van der Waals surface area contributed by atoms with E-state index >= 15 is 0 Å². The molecule has 1 aromatic heterocycles. The fourth-order valence-corrected chi connectivity index (χ4v) is 1.98. The molecule has 0 atom stereocenters. The van der Waals surface area contributed by atoms with Crippen molar-refractivity contribution in [1.82, 2.24) is 4.98 Å². The van der Waals surface area contributed by atoms with Gasteiger partial charge >= 0.3 is 0 Å². The molecule has 0 bridgehead atoms. The maximum Gasteiger partial charge on any atom is 0.255 e. The van der Waals surface area contributed by atoms with Crippen molar-refractivity contribution in [3.63, 3.8) is 0 Å². The lowest BCUT2D eigenvalue weighted by Gasteiger charge is -2.05. The van der Waals surface area contributed by atoms with Crippen molar-refractivity contribution in [3.8, 4) is 5.75 Å². The Bertz CT molecular complexity index is 616. The van der Waals surface area contributed by atoms with Gasteiger partial charge in [0.15, 0.2) is 0 Å². The van der Waals surface area contributed by atoms with Crippen LogP contribution in [-0.4, -0.2) is 10.1 Å². The first-order valence-electron chi connectivity index (χ1n) is 4.77. The Kier molecular flexibility index (Phi) is 2.83. The maximum atomic E-state index is 11.7. The fourth-order valence-electron chi connectivity index (χ4n) is 1.62. The van der Waals surface area contributed by atoms with Crippen molar-refractivity contribution in [3.05, 3.63) is 51.2 Å². The highest BCUT2D eigenvalue weighted by molar-refractivity contribution is 9.10. The number of aromatic nitrogens is 1.